The Balaban J connectivity index is 3.61. The molecule has 3 nitrogen and oxygen atoms in total. The summed E-state index contributed by atoms with van der Waals surface area (Å²) in [6.07, 6.45) is -3.63. The summed E-state index contributed by atoms with van der Waals surface area (Å²) in [6.45, 7) is 4.83. The Labute approximate surface area is 108 Å². The van der Waals surface area contributed by atoms with Crippen molar-refractivity contribution in [1.82, 2.24) is 10.2 Å². The zero-order chi connectivity index (χ0) is 14.2. The monoisotopic (exact) mass is 270 g/mol. The highest BCUT2D eigenvalue weighted by molar-refractivity contribution is 4.72. The smallest absolute Gasteiger partial charge is 0.372 e. The molecule has 0 saturated carbocycles. The standard InChI is InChI=1S/C12H25F3N2O/c1-10(2)11(8-17(3)4)16-6-5-7-18-9-12(13,14)15/h10-11,16H,5-9H2,1-4H3. The minimum absolute atomic E-state index is 0.138. The number of nitrogens with one attached hydrogen (secondary N) is 1. The van der Waals surface area contributed by atoms with Gasteiger partial charge in [0.2, 0.25) is 0 Å². The second kappa shape index (κ2) is 8.72. The van der Waals surface area contributed by atoms with E-state index < -0.39 is 12.8 Å². The molecule has 0 heterocycles. The molecule has 0 aromatic carbocycles. The van der Waals surface area contributed by atoms with E-state index in [9.17, 15) is 13.2 Å². The molecule has 1 atom stereocenters. The molecule has 0 aliphatic rings. The van der Waals surface area contributed by atoms with Gasteiger partial charge in [-0.25, -0.2) is 0 Å². The highest BCUT2D eigenvalue weighted by atomic mass is 19.4. The Morgan fingerprint density at radius 2 is 1.83 bits per heavy atom. The van der Waals surface area contributed by atoms with Crippen LogP contribution in [-0.2, 0) is 4.74 Å². The fraction of sp³-hybridized carbons (Fsp3) is 1.00. The molecule has 0 spiro atoms. The van der Waals surface area contributed by atoms with Crippen LogP contribution < -0.4 is 5.32 Å². The van der Waals surface area contributed by atoms with Crippen molar-refractivity contribution in [2.45, 2.75) is 32.5 Å². The van der Waals surface area contributed by atoms with Gasteiger partial charge in [-0.2, -0.15) is 13.2 Å². The Morgan fingerprint density at radius 3 is 2.28 bits per heavy atom. The first kappa shape index (κ1) is 17.7. The Morgan fingerprint density at radius 1 is 1.22 bits per heavy atom. The van der Waals surface area contributed by atoms with Gasteiger partial charge < -0.3 is 15.0 Å². The van der Waals surface area contributed by atoms with Crippen molar-refractivity contribution in [3.63, 3.8) is 0 Å². The predicted octanol–water partition coefficient (Wildman–Crippen LogP) is 2.13. The van der Waals surface area contributed by atoms with Gasteiger partial charge >= 0.3 is 6.18 Å². The number of halogens is 3. The third-order valence-corrected chi connectivity index (χ3v) is 2.50. The number of hydrogen-bond acceptors (Lipinski definition) is 3. The van der Waals surface area contributed by atoms with Gasteiger partial charge in [0.05, 0.1) is 0 Å². The topological polar surface area (TPSA) is 24.5 Å². The van der Waals surface area contributed by atoms with Crippen LogP contribution in [0.15, 0.2) is 0 Å². The summed E-state index contributed by atoms with van der Waals surface area (Å²) in [7, 11) is 4.01. The lowest BCUT2D eigenvalue weighted by Crippen LogP contribution is -2.42. The van der Waals surface area contributed by atoms with Crippen molar-refractivity contribution in [3.8, 4) is 0 Å². The van der Waals surface area contributed by atoms with E-state index in [1.807, 2.05) is 14.1 Å². The maximum atomic E-state index is 11.8. The minimum Gasteiger partial charge on any atom is -0.372 e. The fourth-order valence-corrected chi connectivity index (χ4v) is 1.55. The van der Waals surface area contributed by atoms with Gasteiger partial charge in [-0.1, -0.05) is 13.8 Å². The summed E-state index contributed by atoms with van der Waals surface area (Å²) in [6, 6.07) is 0.350. The van der Waals surface area contributed by atoms with Crippen LogP contribution in [0.1, 0.15) is 20.3 Å². The lowest BCUT2D eigenvalue weighted by molar-refractivity contribution is -0.173. The predicted molar refractivity (Wildman–Crippen MR) is 66.7 cm³/mol. The summed E-state index contributed by atoms with van der Waals surface area (Å²) >= 11 is 0. The molecule has 0 fully saturated rings. The molecule has 0 bridgehead atoms. The Bertz CT molecular complexity index is 208. The van der Waals surface area contributed by atoms with Gasteiger partial charge in [0.1, 0.15) is 6.61 Å². The normalized spacial score (nSPS) is 14.5. The zero-order valence-corrected chi connectivity index (χ0v) is 11.7. The van der Waals surface area contributed by atoms with Crippen molar-refractivity contribution in [1.29, 1.82) is 0 Å². The van der Waals surface area contributed by atoms with Crippen LogP contribution in [0, 0.1) is 5.92 Å². The summed E-state index contributed by atoms with van der Waals surface area (Å²) in [4.78, 5) is 2.10. The molecular weight excluding hydrogens is 245 g/mol. The van der Waals surface area contributed by atoms with Crippen molar-refractivity contribution in [2.24, 2.45) is 5.92 Å². The second-order valence-corrected chi connectivity index (χ2v) is 5.09. The summed E-state index contributed by atoms with van der Waals surface area (Å²) in [5, 5.41) is 3.35. The first-order valence-corrected chi connectivity index (χ1v) is 6.25. The second-order valence-electron chi connectivity index (χ2n) is 5.09. The van der Waals surface area contributed by atoms with Crippen LogP contribution >= 0.6 is 0 Å². The quantitative estimate of drug-likeness (QED) is 0.650. The number of hydrogen-bond donors (Lipinski definition) is 1. The molecule has 0 aliphatic heterocycles. The molecule has 0 rings (SSSR count). The van der Waals surface area contributed by atoms with E-state index in [1.165, 1.54) is 0 Å². The zero-order valence-electron chi connectivity index (χ0n) is 11.7. The lowest BCUT2D eigenvalue weighted by atomic mass is 10.0. The van der Waals surface area contributed by atoms with E-state index in [-0.39, 0.29) is 6.61 Å². The molecule has 0 aromatic rings. The number of ether oxygens (including phenoxy) is 1. The lowest BCUT2D eigenvalue weighted by Gasteiger charge is -2.25. The molecule has 0 radical (unpaired) electrons. The molecule has 18 heavy (non-hydrogen) atoms. The highest BCUT2D eigenvalue weighted by Gasteiger charge is 2.27. The van der Waals surface area contributed by atoms with E-state index in [4.69, 9.17) is 0 Å². The van der Waals surface area contributed by atoms with E-state index >= 15 is 0 Å². The number of alkyl halides is 3. The van der Waals surface area contributed by atoms with Crippen LogP contribution in [0.2, 0.25) is 0 Å². The van der Waals surface area contributed by atoms with Crippen molar-refractivity contribution < 1.29 is 17.9 Å². The van der Waals surface area contributed by atoms with Gasteiger partial charge in [-0.05, 0) is 33.0 Å². The van der Waals surface area contributed by atoms with Crippen LogP contribution in [0.5, 0.6) is 0 Å². The van der Waals surface area contributed by atoms with Crippen LogP contribution in [0.4, 0.5) is 13.2 Å². The first-order chi connectivity index (χ1) is 8.22. The van der Waals surface area contributed by atoms with Gasteiger partial charge in [0.15, 0.2) is 0 Å². The van der Waals surface area contributed by atoms with Crippen molar-refractivity contribution in [2.75, 3.05) is 40.4 Å². The molecule has 6 heteroatoms. The number of rotatable bonds is 9. The summed E-state index contributed by atoms with van der Waals surface area (Å²) in [5.41, 5.74) is 0. The maximum absolute atomic E-state index is 11.8. The summed E-state index contributed by atoms with van der Waals surface area (Å²) < 4.78 is 39.9. The Hall–Kier alpha value is -0.330. The van der Waals surface area contributed by atoms with Crippen molar-refractivity contribution >= 4 is 0 Å². The molecule has 0 aliphatic carbocycles. The molecule has 0 aromatic heterocycles. The Kier molecular flexibility index (Phi) is 8.56. The fourth-order valence-electron chi connectivity index (χ4n) is 1.55. The van der Waals surface area contributed by atoms with E-state index in [0.29, 0.717) is 24.9 Å². The third kappa shape index (κ3) is 10.8. The largest absolute Gasteiger partial charge is 0.411 e. The van der Waals surface area contributed by atoms with Crippen LogP contribution in [0.25, 0.3) is 0 Å². The number of likely N-dealkylation sites (N-methyl/N-ethyl adjacent to an activating group) is 1. The summed E-state index contributed by atoms with van der Waals surface area (Å²) in [5.74, 6) is 0.489. The molecule has 0 amide bonds. The highest BCUT2D eigenvalue weighted by Crippen LogP contribution is 2.14. The van der Waals surface area contributed by atoms with E-state index in [2.05, 4.69) is 28.8 Å². The third-order valence-electron chi connectivity index (χ3n) is 2.50. The van der Waals surface area contributed by atoms with Gasteiger partial charge in [-0.3, -0.25) is 0 Å². The molecule has 110 valence electrons. The van der Waals surface area contributed by atoms with Gasteiger partial charge in [0.25, 0.3) is 0 Å². The van der Waals surface area contributed by atoms with E-state index in [0.717, 1.165) is 6.54 Å². The molecule has 1 N–H and O–H groups in total. The average Bonchev–Trinajstić information content (AvgIpc) is 2.18. The minimum atomic E-state index is -4.22. The first-order valence-electron chi connectivity index (χ1n) is 6.25. The maximum Gasteiger partial charge on any atom is 0.411 e. The molecular formula is C12H25F3N2O. The van der Waals surface area contributed by atoms with Gasteiger partial charge in [-0.15, -0.1) is 0 Å². The SMILES string of the molecule is CC(C)C(CN(C)C)NCCCOCC(F)(F)F. The number of nitrogens with zero attached hydrogens (tertiary/aromatic N) is 1. The van der Waals surface area contributed by atoms with Crippen LogP contribution in [-0.4, -0.2) is 57.5 Å². The molecule has 1 unspecified atom stereocenters. The van der Waals surface area contributed by atoms with Gasteiger partial charge in [0, 0.05) is 19.2 Å². The van der Waals surface area contributed by atoms with Crippen LogP contribution in [0.3, 0.4) is 0 Å². The molecule has 0 saturated heterocycles. The van der Waals surface area contributed by atoms with Crippen molar-refractivity contribution in [3.05, 3.63) is 0 Å². The average molecular weight is 270 g/mol. The van der Waals surface area contributed by atoms with E-state index in [1.54, 1.807) is 0 Å².